The number of nitrogens with one attached hydrogen (secondary N) is 1. The number of hydrogen-bond donors (Lipinski definition) is 1. The molecule has 0 saturated carbocycles. The molecule has 1 atom stereocenters. The van der Waals surface area contributed by atoms with Gasteiger partial charge in [0.05, 0.1) is 0 Å². The van der Waals surface area contributed by atoms with Crippen molar-refractivity contribution in [3.8, 4) is 5.75 Å². The Morgan fingerprint density at radius 1 is 0.946 bits per heavy atom. The highest BCUT2D eigenvalue weighted by molar-refractivity contribution is 6.36. The van der Waals surface area contributed by atoms with Crippen LogP contribution in [-0.2, 0) is 22.6 Å². The molecule has 3 aromatic carbocycles. The predicted molar refractivity (Wildman–Crippen MR) is 150 cm³/mol. The molecule has 0 heterocycles. The summed E-state index contributed by atoms with van der Waals surface area (Å²) in [6, 6.07) is 19.8. The molecule has 0 fully saturated rings. The van der Waals surface area contributed by atoms with Crippen molar-refractivity contribution in [2.45, 2.75) is 59.2 Å². The lowest BCUT2D eigenvalue weighted by Gasteiger charge is -2.34. The van der Waals surface area contributed by atoms with Gasteiger partial charge in [-0.1, -0.05) is 71.7 Å². The number of carbonyl (C=O) groups is 2. The Morgan fingerprint density at radius 3 is 2.22 bits per heavy atom. The summed E-state index contributed by atoms with van der Waals surface area (Å²) in [4.78, 5) is 28.9. The van der Waals surface area contributed by atoms with Gasteiger partial charge in [0.2, 0.25) is 5.91 Å². The van der Waals surface area contributed by atoms with E-state index in [2.05, 4.69) is 5.32 Å². The molecule has 0 aliphatic heterocycles. The second-order valence-corrected chi connectivity index (χ2v) is 11.0. The second-order valence-electron chi connectivity index (χ2n) is 10.2. The van der Waals surface area contributed by atoms with E-state index >= 15 is 0 Å². The van der Waals surface area contributed by atoms with Crippen molar-refractivity contribution in [1.29, 1.82) is 0 Å². The summed E-state index contributed by atoms with van der Waals surface area (Å²) in [5.74, 6) is 0.0179. The molecular formula is C30H34Cl2N2O3. The molecule has 3 aromatic rings. The summed E-state index contributed by atoms with van der Waals surface area (Å²) in [7, 11) is 0. The standard InChI is InChI=1S/C30H34Cl2N2O3/c1-20-14-15-21(2)27(16-20)37-19-28(35)34(18-23-24(31)12-9-13-25(23)32)26(29(36)33-30(3,4)5)17-22-10-7-6-8-11-22/h6-16,26H,17-19H2,1-5H3,(H,33,36). The molecule has 196 valence electrons. The smallest absolute Gasteiger partial charge is 0.261 e. The third-order valence-electron chi connectivity index (χ3n) is 5.85. The molecule has 0 spiro atoms. The maximum Gasteiger partial charge on any atom is 0.261 e. The second kappa shape index (κ2) is 12.5. The zero-order chi connectivity index (χ0) is 27.2. The topological polar surface area (TPSA) is 58.6 Å². The van der Waals surface area contributed by atoms with E-state index in [1.807, 2.05) is 83.1 Å². The van der Waals surface area contributed by atoms with Gasteiger partial charge in [-0.05, 0) is 69.5 Å². The molecular weight excluding hydrogens is 507 g/mol. The van der Waals surface area contributed by atoms with Crippen LogP contribution in [0.5, 0.6) is 5.75 Å². The summed E-state index contributed by atoms with van der Waals surface area (Å²) in [5, 5.41) is 3.89. The van der Waals surface area contributed by atoms with Gasteiger partial charge in [0.25, 0.3) is 5.91 Å². The SMILES string of the molecule is Cc1ccc(C)c(OCC(=O)N(Cc2c(Cl)cccc2Cl)C(Cc2ccccc2)C(=O)NC(C)(C)C)c1. The third kappa shape index (κ3) is 8.24. The molecule has 37 heavy (non-hydrogen) atoms. The summed E-state index contributed by atoms with van der Waals surface area (Å²) >= 11 is 13.0. The number of benzene rings is 3. The maximum atomic E-state index is 13.8. The zero-order valence-corrected chi connectivity index (χ0v) is 23.5. The quantitative estimate of drug-likeness (QED) is 0.335. The lowest BCUT2D eigenvalue weighted by Crippen LogP contribution is -2.55. The minimum Gasteiger partial charge on any atom is -0.483 e. The van der Waals surface area contributed by atoms with Crippen molar-refractivity contribution in [2.24, 2.45) is 0 Å². The van der Waals surface area contributed by atoms with Gasteiger partial charge < -0.3 is 15.0 Å². The van der Waals surface area contributed by atoms with E-state index in [1.165, 1.54) is 4.90 Å². The first-order chi connectivity index (χ1) is 17.4. The molecule has 1 N–H and O–H groups in total. The van der Waals surface area contributed by atoms with Crippen LogP contribution in [0.2, 0.25) is 10.0 Å². The van der Waals surface area contributed by atoms with Crippen LogP contribution in [0.25, 0.3) is 0 Å². The predicted octanol–water partition coefficient (Wildman–Crippen LogP) is 6.54. The van der Waals surface area contributed by atoms with Crippen molar-refractivity contribution in [2.75, 3.05) is 6.61 Å². The van der Waals surface area contributed by atoms with Gasteiger partial charge in [0.1, 0.15) is 11.8 Å². The van der Waals surface area contributed by atoms with Crippen LogP contribution in [0.15, 0.2) is 66.7 Å². The summed E-state index contributed by atoms with van der Waals surface area (Å²) in [6.45, 7) is 9.44. The van der Waals surface area contributed by atoms with Crippen LogP contribution in [0.1, 0.15) is 43.0 Å². The van der Waals surface area contributed by atoms with E-state index in [-0.39, 0.29) is 25.0 Å². The molecule has 3 rings (SSSR count). The Bertz CT molecular complexity index is 1220. The molecule has 1 unspecified atom stereocenters. The van der Waals surface area contributed by atoms with Crippen LogP contribution in [0, 0.1) is 13.8 Å². The number of nitrogens with zero attached hydrogens (tertiary/aromatic N) is 1. The van der Waals surface area contributed by atoms with Gasteiger partial charge in [0.15, 0.2) is 6.61 Å². The van der Waals surface area contributed by atoms with Gasteiger partial charge in [0, 0.05) is 34.1 Å². The van der Waals surface area contributed by atoms with E-state index in [0.29, 0.717) is 27.8 Å². The zero-order valence-electron chi connectivity index (χ0n) is 22.0. The lowest BCUT2D eigenvalue weighted by atomic mass is 10.0. The highest BCUT2D eigenvalue weighted by Crippen LogP contribution is 2.28. The molecule has 0 aromatic heterocycles. The Morgan fingerprint density at radius 2 is 1.59 bits per heavy atom. The Kier molecular flexibility index (Phi) is 9.63. The summed E-state index contributed by atoms with van der Waals surface area (Å²) in [6.07, 6.45) is 0.319. The molecule has 0 radical (unpaired) electrons. The number of halogens is 2. The van der Waals surface area contributed by atoms with Gasteiger partial charge in [-0.3, -0.25) is 9.59 Å². The van der Waals surface area contributed by atoms with Gasteiger partial charge >= 0.3 is 0 Å². The lowest BCUT2D eigenvalue weighted by molar-refractivity contribution is -0.143. The Labute approximate surface area is 229 Å². The number of carbonyl (C=O) groups excluding carboxylic acids is 2. The van der Waals surface area contributed by atoms with Gasteiger partial charge in [-0.15, -0.1) is 0 Å². The number of rotatable bonds is 9. The number of ether oxygens (including phenoxy) is 1. The van der Waals surface area contributed by atoms with Crippen molar-refractivity contribution >= 4 is 35.0 Å². The Balaban J connectivity index is 2.00. The van der Waals surface area contributed by atoms with Crippen LogP contribution >= 0.6 is 23.2 Å². The minimum atomic E-state index is -0.816. The monoisotopic (exact) mass is 540 g/mol. The first kappa shape index (κ1) is 28.5. The molecule has 5 nitrogen and oxygen atoms in total. The van der Waals surface area contributed by atoms with Crippen LogP contribution in [-0.4, -0.2) is 34.9 Å². The van der Waals surface area contributed by atoms with E-state index in [0.717, 1.165) is 16.7 Å². The number of amides is 2. The largest absolute Gasteiger partial charge is 0.483 e. The molecule has 7 heteroatoms. The van der Waals surface area contributed by atoms with Gasteiger partial charge in [-0.25, -0.2) is 0 Å². The molecule has 0 aliphatic carbocycles. The fourth-order valence-corrected chi connectivity index (χ4v) is 4.46. The number of aryl methyl sites for hydroxylation is 2. The van der Waals surface area contributed by atoms with Gasteiger partial charge in [-0.2, -0.15) is 0 Å². The van der Waals surface area contributed by atoms with Crippen LogP contribution in [0.3, 0.4) is 0 Å². The van der Waals surface area contributed by atoms with Crippen molar-refractivity contribution in [3.63, 3.8) is 0 Å². The van der Waals surface area contributed by atoms with E-state index < -0.39 is 11.6 Å². The first-order valence-electron chi connectivity index (χ1n) is 12.2. The molecule has 2 amide bonds. The molecule has 0 saturated heterocycles. The Hall–Kier alpha value is -3.02. The third-order valence-corrected chi connectivity index (χ3v) is 6.56. The minimum absolute atomic E-state index is 0.0581. The van der Waals surface area contributed by atoms with Crippen LogP contribution in [0.4, 0.5) is 0 Å². The van der Waals surface area contributed by atoms with E-state index in [9.17, 15) is 9.59 Å². The van der Waals surface area contributed by atoms with Crippen molar-refractivity contribution in [3.05, 3.63) is 99.0 Å². The van der Waals surface area contributed by atoms with E-state index in [4.69, 9.17) is 27.9 Å². The maximum absolute atomic E-state index is 13.8. The fraction of sp³-hybridized carbons (Fsp3) is 0.333. The van der Waals surface area contributed by atoms with Crippen LogP contribution < -0.4 is 10.1 Å². The van der Waals surface area contributed by atoms with Crippen molar-refractivity contribution < 1.29 is 14.3 Å². The normalized spacial score (nSPS) is 12.1. The molecule has 0 aliphatic rings. The van der Waals surface area contributed by atoms with Crippen molar-refractivity contribution in [1.82, 2.24) is 10.2 Å². The average molecular weight is 542 g/mol. The summed E-state index contributed by atoms with van der Waals surface area (Å²) < 4.78 is 5.95. The molecule has 0 bridgehead atoms. The first-order valence-corrected chi connectivity index (χ1v) is 13.0. The fourth-order valence-electron chi connectivity index (χ4n) is 3.95. The highest BCUT2D eigenvalue weighted by Gasteiger charge is 2.33. The highest BCUT2D eigenvalue weighted by atomic mass is 35.5. The average Bonchev–Trinajstić information content (AvgIpc) is 2.83. The van der Waals surface area contributed by atoms with E-state index in [1.54, 1.807) is 18.2 Å². The summed E-state index contributed by atoms with van der Waals surface area (Å²) in [5.41, 5.74) is 2.96. The number of hydrogen-bond acceptors (Lipinski definition) is 3.